The quantitative estimate of drug-likeness (QED) is 0.532. The van der Waals surface area contributed by atoms with Gasteiger partial charge in [0.1, 0.15) is 11.5 Å². The number of anilines is 2. The average molecular weight is 428 g/mol. The molecule has 1 aliphatic rings. The van der Waals surface area contributed by atoms with E-state index in [4.69, 9.17) is 9.15 Å². The predicted molar refractivity (Wildman–Crippen MR) is 121 cm³/mol. The van der Waals surface area contributed by atoms with Gasteiger partial charge in [0.15, 0.2) is 11.0 Å². The van der Waals surface area contributed by atoms with Crippen LogP contribution in [0.15, 0.2) is 76.3 Å². The lowest BCUT2D eigenvalue weighted by atomic mass is 10.1. The molecule has 8 heteroatoms. The normalized spacial score (nSPS) is 13.8. The lowest BCUT2D eigenvalue weighted by Crippen LogP contribution is -2.36. The molecule has 2 aromatic heterocycles. The maximum atomic E-state index is 12.8. The highest BCUT2D eigenvalue weighted by Gasteiger charge is 2.16. The fraction of sp³-hybridized carbons (Fsp3) is 0.167. The molecular formula is C24H20N4O4. The van der Waals surface area contributed by atoms with Crippen LogP contribution >= 0.6 is 0 Å². The average Bonchev–Trinajstić information content (AvgIpc) is 2.85. The summed E-state index contributed by atoms with van der Waals surface area (Å²) in [4.78, 5) is 35.6. The van der Waals surface area contributed by atoms with Crippen LogP contribution in [0.5, 0.6) is 0 Å². The molecule has 1 N–H and O–H groups in total. The molecule has 32 heavy (non-hydrogen) atoms. The first-order valence-corrected chi connectivity index (χ1v) is 10.3. The van der Waals surface area contributed by atoms with Gasteiger partial charge in [0.05, 0.1) is 30.5 Å². The second kappa shape index (κ2) is 8.60. The van der Waals surface area contributed by atoms with E-state index in [0.717, 1.165) is 24.3 Å². The number of morpholine rings is 1. The Balaban J connectivity index is 1.54. The number of aromatic nitrogens is 2. The summed E-state index contributed by atoms with van der Waals surface area (Å²) in [5.74, 6) is -0.00761. The number of benzene rings is 2. The van der Waals surface area contributed by atoms with Gasteiger partial charge in [-0.25, -0.2) is 4.98 Å². The van der Waals surface area contributed by atoms with Crippen molar-refractivity contribution in [3.8, 4) is 11.3 Å². The Morgan fingerprint density at radius 3 is 2.69 bits per heavy atom. The van der Waals surface area contributed by atoms with E-state index in [1.54, 1.807) is 18.2 Å². The molecule has 3 heterocycles. The smallest absolute Gasteiger partial charge is 0.275 e. The first-order chi connectivity index (χ1) is 15.7. The number of carbonyl (C=O) groups excluding carboxylic acids is 1. The molecule has 8 nitrogen and oxygen atoms in total. The molecule has 1 aliphatic heterocycles. The molecule has 5 rings (SSSR count). The van der Waals surface area contributed by atoms with E-state index in [0.29, 0.717) is 35.6 Å². The van der Waals surface area contributed by atoms with E-state index >= 15 is 0 Å². The Kier molecular flexibility index (Phi) is 5.35. The zero-order chi connectivity index (χ0) is 21.9. The van der Waals surface area contributed by atoms with E-state index in [9.17, 15) is 9.59 Å². The van der Waals surface area contributed by atoms with Crippen LogP contribution in [0.4, 0.5) is 11.4 Å². The van der Waals surface area contributed by atoms with Crippen LogP contribution in [0.3, 0.4) is 0 Å². The molecule has 0 unspecified atom stereocenters. The predicted octanol–water partition coefficient (Wildman–Crippen LogP) is 3.34. The maximum Gasteiger partial charge on any atom is 0.275 e. The van der Waals surface area contributed by atoms with Crippen molar-refractivity contribution >= 4 is 28.3 Å². The van der Waals surface area contributed by atoms with Crippen molar-refractivity contribution in [1.82, 2.24) is 9.97 Å². The Bertz CT molecular complexity index is 1330. The first kappa shape index (κ1) is 19.9. The summed E-state index contributed by atoms with van der Waals surface area (Å²) in [5.41, 5.74) is 2.50. The van der Waals surface area contributed by atoms with E-state index in [2.05, 4.69) is 20.2 Å². The van der Waals surface area contributed by atoms with Crippen molar-refractivity contribution < 1.29 is 13.9 Å². The van der Waals surface area contributed by atoms with Crippen molar-refractivity contribution in [2.45, 2.75) is 0 Å². The van der Waals surface area contributed by atoms with Gasteiger partial charge in [-0.3, -0.25) is 14.6 Å². The minimum atomic E-state index is -0.437. The number of nitrogens with zero attached hydrogens (tertiary/aromatic N) is 3. The van der Waals surface area contributed by atoms with Crippen LogP contribution < -0.4 is 15.6 Å². The Labute approximate surface area is 183 Å². The second-order valence-electron chi connectivity index (χ2n) is 7.35. The summed E-state index contributed by atoms with van der Waals surface area (Å²) >= 11 is 0. The number of carbonyl (C=O) groups is 1. The third-order valence-corrected chi connectivity index (χ3v) is 5.31. The van der Waals surface area contributed by atoms with E-state index < -0.39 is 5.91 Å². The SMILES string of the molecule is O=C(Nc1cccc2c(=O)cc(-c3cccc(N4CCOCC4)c3)oc12)c1cnccn1. The summed E-state index contributed by atoms with van der Waals surface area (Å²) in [6.07, 6.45) is 4.31. The maximum absolute atomic E-state index is 12.8. The van der Waals surface area contributed by atoms with Crippen molar-refractivity contribution in [1.29, 1.82) is 0 Å². The summed E-state index contributed by atoms with van der Waals surface area (Å²) in [6, 6.07) is 14.4. The van der Waals surface area contributed by atoms with Gasteiger partial charge in [0.2, 0.25) is 0 Å². The Hall–Kier alpha value is -4.04. The van der Waals surface area contributed by atoms with Crippen LogP contribution in [0.1, 0.15) is 10.5 Å². The van der Waals surface area contributed by atoms with Crippen molar-refractivity contribution in [2.24, 2.45) is 0 Å². The van der Waals surface area contributed by atoms with E-state index in [1.165, 1.54) is 24.7 Å². The third kappa shape index (κ3) is 3.95. The first-order valence-electron chi connectivity index (χ1n) is 10.3. The van der Waals surface area contributed by atoms with E-state index in [1.807, 2.05) is 24.3 Å². The topological polar surface area (TPSA) is 97.6 Å². The summed E-state index contributed by atoms with van der Waals surface area (Å²) in [6.45, 7) is 2.99. The summed E-state index contributed by atoms with van der Waals surface area (Å²) in [5, 5.41) is 3.16. The lowest BCUT2D eigenvalue weighted by Gasteiger charge is -2.29. The monoisotopic (exact) mass is 428 g/mol. The molecule has 4 aromatic rings. The zero-order valence-corrected chi connectivity index (χ0v) is 17.2. The number of hydrogen-bond acceptors (Lipinski definition) is 7. The van der Waals surface area contributed by atoms with Crippen molar-refractivity contribution in [2.75, 3.05) is 36.5 Å². The van der Waals surface area contributed by atoms with Crippen LogP contribution in [0, 0.1) is 0 Å². The van der Waals surface area contributed by atoms with Crippen LogP contribution in [-0.2, 0) is 4.74 Å². The highest BCUT2D eigenvalue weighted by Crippen LogP contribution is 2.29. The second-order valence-corrected chi connectivity index (χ2v) is 7.35. The minimum Gasteiger partial charge on any atom is -0.454 e. The van der Waals surface area contributed by atoms with Gasteiger partial charge in [0, 0.05) is 42.8 Å². The lowest BCUT2D eigenvalue weighted by molar-refractivity contribution is 0.102. The molecule has 1 amide bonds. The zero-order valence-electron chi connectivity index (χ0n) is 17.2. The molecule has 0 saturated carbocycles. The van der Waals surface area contributed by atoms with Gasteiger partial charge < -0.3 is 19.4 Å². The van der Waals surface area contributed by atoms with Gasteiger partial charge in [-0.1, -0.05) is 18.2 Å². The van der Waals surface area contributed by atoms with Crippen LogP contribution in [-0.4, -0.2) is 42.2 Å². The number of rotatable bonds is 4. The molecule has 1 fully saturated rings. The highest BCUT2D eigenvalue weighted by atomic mass is 16.5. The molecular weight excluding hydrogens is 408 g/mol. The molecule has 160 valence electrons. The van der Waals surface area contributed by atoms with Gasteiger partial charge in [0.25, 0.3) is 5.91 Å². The molecule has 0 atom stereocenters. The minimum absolute atomic E-state index is 0.168. The van der Waals surface area contributed by atoms with Crippen molar-refractivity contribution in [3.63, 3.8) is 0 Å². The highest BCUT2D eigenvalue weighted by molar-refractivity contribution is 6.06. The van der Waals surface area contributed by atoms with E-state index in [-0.39, 0.29) is 11.1 Å². The largest absolute Gasteiger partial charge is 0.454 e. The molecule has 0 aliphatic carbocycles. The summed E-state index contributed by atoms with van der Waals surface area (Å²) in [7, 11) is 0. The Morgan fingerprint density at radius 2 is 1.88 bits per heavy atom. The molecule has 1 saturated heterocycles. The summed E-state index contributed by atoms with van der Waals surface area (Å²) < 4.78 is 11.6. The number of nitrogens with one attached hydrogen (secondary N) is 1. The fourth-order valence-electron chi connectivity index (χ4n) is 3.70. The number of hydrogen-bond donors (Lipinski definition) is 1. The van der Waals surface area contributed by atoms with Gasteiger partial charge >= 0.3 is 0 Å². The van der Waals surface area contributed by atoms with Crippen LogP contribution in [0.2, 0.25) is 0 Å². The van der Waals surface area contributed by atoms with Crippen molar-refractivity contribution in [3.05, 3.63) is 83.0 Å². The number of fused-ring (bicyclic) bond motifs is 1. The molecule has 0 radical (unpaired) electrons. The molecule has 0 bridgehead atoms. The number of para-hydroxylation sites is 1. The standard InChI is InChI=1S/C24H20N4O4/c29-21-14-22(16-3-1-4-17(13-16)28-9-11-31-12-10-28)32-23-18(21)5-2-6-19(23)27-24(30)20-15-25-7-8-26-20/h1-8,13-15H,9-12H2,(H,27,30). The third-order valence-electron chi connectivity index (χ3n) is 5.31. The number of amides is 1. The number of ether oxygens (including phenoxy) is 1. The van der Waals surface area contributed by atoms with Gasteiger partial charge in [-0.15, -0.1) is 0 Å². The Morgan fingerprint density at radius 1 is 1.03 bits per heavy atom. The molecule has 0 spiro atoms. The van der Waals surface area contributed by atoms with Crippen LogP contribution in [0.25, 0.3) is 22.3 Å². The van der Waals surface area contributed by atoms with Gasteiger partial charge in [-0.2, -0.15) is 0 Å². The fourth-order valence-corrected chi connectivity index (χ4v) is 3.70. The van der Waals surface area contributed by atoms with Gasteiger partial charge in [-0.05, 0) is 24.3 Å². The molecule has 2 aromatic carbocycles.